The lowest BCUT2D eigenvalue weighted by molar-refractivity contribution is 0.0978. The number of Topliss-reactive ketones (excluding diaryl/α,β-unsaturated/α-hetero) is 1. The summed E-state index contributed by atoms with van der Waals surface area (Å²) in [5.74, 6) is 0.955. The molecule has 0 amide bonds. The summed E-state index contributed by atoms with van der Waals surface area (Å²) >= 11 is 0. The molecule has 0 aliphatic carbocycles. The molecule has 3 rings (SSSR count). The molecular formula is C21H25NO. The van der Waals surface area contributed by atoms with Crippen LogP contribution in [0.25, 0.3) is 0 Å². The van der Waals surface area contributed by atoms with Crippen LogP contribution in [0.5, 0.6) is 0 Å². The maximum Gasteiger partial charge on any atom is 0.162 e. The standard InChI is InChI=1S/C21H25NO/c23-21(19-11-5-2-6-12-19)13-7-8-15-22-16-14-20(17-22)18-9-3-1-4-10-18/h1-6,9-12,20H,7-8,13-17H2/t20-/m1/s1. The molecule has 0 N–H and O–H groups in total. The van der Waals surface area contributed by atoms with Gasteiger partial charge in [0.2, 0.25) is 0 Å². The second-order valence-electron chi connectivity index (χ2n) is 6.44. The maximum atomic E-state index is 12.1. The summed E-state index contributed by atoms with van der Waals surface area (Å²) in [6, 6.07) is 20.5. The molecule has 1 saturated heterocycles. The summed E-state index contributed by atoms with van der Waals surface area (Å²) in [6.07, 6.45) is 4.02. The van der Waals surface area contributed by atoms with Crippen molar-refractivity contribution in [1.29, 1.82) is 0 Å². The number of rotatable bonds is 7. The van der Waals surface area contributed by atoms with Crippen LogP contribution in [0.1, 0.15) is 47.5 Å². The van der Waals surface area contributed by atoms with Gasteiger partial charge in [0, 0.05) is 18.5 Å². The summed E-state index contributed by atoms with van der Waals surface area (Å²) in [5.41, 5.74) is 2.31. The third-order valence-electron chi connectivity index (χ3n) is 4.77. The van der Waals surface area contributed by atoms with E-state index >= 15 is 0 Å². The zero-order valence-corrected chi connectivity index (χ0v) is 13.7. The zero-order valence-electron chi connectivity index (χ0n) is 13.7. The summed E-state index contributed by atoms with van der Waals surface area (Å²) < 4.78 is 0. The minimum Gasteiger partial charge on any atom is -0.303 e. The van der Waals surface area contributed by atoms with E-state index in [1.807, 2.05) is 30.3 Å². The van der Waals surface area contributed by atoms with E-state index in [-0.39, 0.29) is 5.78 Å². The van der Waals surface area contributed by atoms with Gasteiger partial charge < -0.3 is 4.90 Å². The van der Waals surface area contributed by atoms with Crippen LogP contribution in [0.4, 0.5) is 0 Å². The summed E-state index contributed by atoms with van der Waals surface area (Å²) in [7, 11) is 0. The van der Waals surface area contributed by atoms with Crippen molar-refractivity contribution >= 4 is 5.78 Å². The largest absolute Gasteiger partial charge is 0.303 e. The number of ketones is 1. The molecule has 0 spiro atoms. The monoisotopic (exact) mass is 307 g/mol. The van der Waals surface area contributed by atoms with Crippen molar-refractivity contribution in [3.63, 3.8) is 0 Å². The molecule has 1 aliphatic heterocycles. The molecule has 1 fully saturated rings. The predicted molar refractivity (Wildman–Crippen MR) is 94.9 cm³/mol. The predicted octanol–water partition coefficient (Wildman–Crippen LogP) is 4.53. The minimum atomic E-state index is 0.272. The second kappa shape index (κ2) is 8.07. The van der Waals surface area contributed by atoms with Crippen LogP contribution >= 0.6 is 0 Å². The van der Waals surface area contributed by atoms with Crippen molar-refractivity contribution in [1.82, 2.24) is 4.90 Å². The highest BCUT2D eigenvalue weighted by Gasteiger charge is 2.22. The number of hydrogen-bond acceptors (Lipinski definition) is 2. The zero-order chi connectivity index (χ0) is 15.9. The van der Waals surface area contributed by atoms with Crippen LogP contribution in [0.2, 0.25) is 0 Å². The molecule has 0 radical (unpaired) electrons. The average Bonchev–Trinajstić information content (AvgIpc) is 3.09. The van der Waals surface area contributed by atoms with Crippen LogP contribution < -0.4 is 0 Å². The van der Waals surface area contributed by atoms with E-state index in [4.69, 9.17) is 0 Å². The smallest absolute Gasteiger partial charge is 0.162 e. The van der Waals surface area contributed by atoms with Gasteiger partial charge in [0.05, 0.1) is 0 Å². The highest BCUT2D eigenvalue weighted by atomic mass is 16.1. The molecule has 2 nitrogen and oxygen atoms in total. The SMILES string of the molecule is O=C(CCCCN1CC[C@@H](c2ccccc2)C1)c1ccccc1. The fraction of sp³-hybridized carbons (Fsp3) is 0.381. The van der Waals surface area contributed by atoms with Crippen LogP contribution in [0.15, 0.2) is 60.7 Å². The van der Waals surface area contributed by atoms with Crippen LogP contribution in [0, 0.1) is 0 Å². The molecule has 1 aliphatic rings. The molecule has 2 heteroatoms. The Morgan fingerprint density at radius 2 is 1.65 bits per heavy atom. The Kier molecular flexibility index (Phi) is 5.60. The third kappa shape index (κ3) is 4.52. The molecule has 1 atom stereocenters. The Balaban J connectivity index is 1.36. The molecular weight excluding hydrogens is 282 g/mol. The number of unbranched alkanes of at least 4 members (excludes halogenated alkanes) is 1. The first kappa shape index (κ1) is 15.9. The Labute approximate surface area is 139 Å². The Hall–Kier alpha value is -1.93. The van der Waals surface area contributed by atoms with E-state index in [0.717, 1.165) is 31.5 Å². The molecule has 2 aromatic rings. The van der Waals surface area contributed by atoms with Gasteiger partial charge in [-0.3, -0.25) is 4.79 Å². The molecule has 0 unspecified atom stereocenters. The molecule has 1 heterocycles. The van der Waals surface area contributed by atoms with Gasteiger partial charge in [-0.1, -0.05) is 60.7 Å². The summed E-state index contributed by atoms with van der Waals surface area (Å²) in [5, 5.41) is 0. The van der Waals surface area contributed by atoms with Crippen molar-refractivity contribution < 1.29 is 4.79 Å². The first-order chi connectivity index (χ1) is 11.3. The Bertz CT molecular complexity index is 608. The van der Waals surface area contributed by atoms with Crippen molar-refractivity contribution in [2.75, 3.05) is 19.6 Å². The van der Waals surface area contributed by atoms with E-state index in [0.29, 0.717) is 12.3 Å². The average molecular weight is 307 g/mol. The first-order valence-corrected chi connectivity index (χ1v) is 8.68. The van der Waals surface area contributed by atoms with Crippen LogP contribution in [0.3, 0.4) is 0 Å². The first-order valence-electron chi connectivity index (χ1n) is 8.68. The van der Waals surface area contributed by atoms with Crippen LogP contribution in [-0.2, 0) is 0 Å². The summed E-state index contributed by atoms with van der Waals surface area (Å²) in [6.45, 7) is 3.47. The van der Waals surface area contributed by atoms with Gasteiger partial charge in [0.25, 0.3) is 0 Å². The lowest BCUT2D eigenvalue weighted by Gasteiger charge is -2.16. The van der Waals surface area contributed by atoms with Gasteiger partial charge >= 0.3 is 0 Å². The molecule has 0 saturated carbocycles. The normalized spacial score (nSPS) is 18.2. The van der Waals surface area contributed by atoms with Gasteiger partial charge in [-0.25, -0.2) is 0 Å². The number of benzene rings is 2. The molecule has 0 aromatic heterocycles. The number of likely N-dealkylation sites (tertiary alicyclic amines) is 1. The topological polar surface area (TPSA) is 20.3 Å². The third-order valence-corrected chi connectivity index (χ3v) is 4.77. The quantitative estimate of drug-likeness (QED) is 0.553. The van der Waals surface area contributed by atoms with E-state index < -0.39 is 0 Å². The molecule has 2 aromatic carbocycles. The van der Waals surface area contributed by atoms with Gasteiger partial charge in [-0.2, -0.15) is 0 Å². The molecule has 23 heavy (non-hydrogen) atoms. The van der Waals surface area contributed by atoms with Crippen molar-refractivity contribution in [2.24, 2.45) is 0 Å². The second-order valence-corrected chi connectivity index (χ2v) is 6.44. The van der Waals surface area contributed by atoms with E-state index in [1.54, 1.807) is 0 Å². The van der Waals surface area contributed by atoms with Gasteiger partial charge in [0.15, 0.2) is 5.78 Å². The number of carbonyl (C=O) groups excluding carboxylic acids is 1. The van der Waals surface area contributed by atoms with Gasteiger partial charge in [0.1, 0.15) is 0 Å². The fourth-order valence-corrected chi connectivity index (χ4v) is 3.42. The van der Waals surface area contributed by atoms with Gasteiger partial charge in [-0.15, -0.1) is 0 Å². The Morgan fingerprint density at radius 1 is 0.957 bits per heavy atom. The van der Waals surface area contributed by atoms with E-state index in [2.05, 4.69) is 35.2 Å². The number of carbonyl (C=O) groups is 1. The van der Waals surface area contributed by atoms with Crippen LogP contribution in [-0.4, -0.2) is 30.3 Å². The van der Waals surface area contributed by atoms with E-state index in [9.17, 15) is 4.79 Å². The Morgan fingerprint density at radius 3 is 2.39 bits per heavy atom. The maximum absolute atomic E-state index is 12.1. The van der Waals surface area contributed by atoms with Crippen molar-refractivity contribution in [2.45, 2.75) is 31.6 Å². The lowest BCUT2D eigenvalue weighted by atomic mass is 9.99. The number of nitrogens with zero attached hydrogens (tertiary/aromatic N) is 1. The fourth-order valence-electron chi connectivity index (χ4n) is 3.42. The van der Waals surface area contributed by atoms with E-state index in [1.165, 1.54) is 18.5 Å². The lowest BCUT2D eigenvalue weighted by Crippen LogP contribution is -2.21. The number of hydrogen-bond donors (Lipinski definition) is 0. The highest BCUT2D eigenvalue weighted by molar-refractivity contribution is 5.95. The van der Waals surface area contributed by atoms with Gasteiger partial charge in [-0.05, 0) is 43.8 Å². The highest BCUT2D eigenvalue weighted by Crippen LogP contribution is 2.27. The molecule has 120 valence electrons. The molecule has 0 bridgehead atoms. The minimum absolute atomic E-state index is 0.272. The van der Waals surface area contributed by atoms with Crippen molar-refractivity contribution in [3.8, 4) is 0 Å². The summed E-state index contributed by atoms with van der Waals surface area (Å²) in [4.78, 5) is 14.6. The van der Waals surface area contributed by atoms with Crippen molar-refractivity contribution in [3.05, 3.63) is 71.8 Å².